The zero-order valence-electron chi connectivity index (χ0n) is 13.1. The number of carbonyl (C=O) groups is 2. The van der Waals surface area contributed by atoms with Crippen molar-refractivity contribution in [1.29, 1.82) is 0 Å². The molecule has 5 heteroatoms. The molecular formula is C17H23ClN2O2. The van der Waals surface area contributed by atoms with Crippen LogP contribution in [0.3, 0.4) is 0 Å². The van der Waals surface area contributed by atoms with Crippen molar-refractivity contribution in [2.75, 3.05) is 13.1 Å². The molecule has 1 aromatic carbocycles. The zero-order chi connectivity index (χ0) is 16.1. The molecule has 0 saturated carbocycles. The molecule has 1 saturated heterocycles. The predicted molar refractivity (Wildman–Crippen MR) is 88.0 cm³/mol. The van der Waals surface area contributed by atoms with Crippen LogP contribution in [0, 0.1) is 5.92 Å². The summed E-state index contributed by atoms with van der Waals surface area (Å²) in [6, 6.07) is 7.20. The monoisotopic (exact) mass is 322 g/mol. The number of carbonyl (C=O) groups excluding carboxylic acids is 2. The van der Waals surface area contributed by atoms with Gasteiger partial charge >= 0.3 is 0 Å². The Bertz CT molecular complexity index is 539. The molecule has 1 aliphatic heterocycles. The van der Waals surface area contributed by atoms with Gasteiger partial charge in [-0.1, -0.05) is 24.6 Å². The quantitative estimate of drug-likeness (QED) is 0.926. The van der Waals surface area contributed by atoms with E-state index in [2.05, 4.69) is 12.2 Å². The van der Waals surface area contributed by atoms with E-state index in [4.69, 9.17) is 11.6 Å². The standard InChI is InChI=1S/C17H23ClN2O2/c1-3-12(2)19-16(21)13-7-9-20(10-8-13)17(22)14-5-4-6-15(18)11-14/h4-6,11-13H,3,7-10H2,1-2H3,(H,19,21)/t12-/m0/s1. The van der Waals surface area contributed by atoms with Crippen LogP contribution in [0.4, 0.5) is 0 Å². The molecule has 4 nitrogen and oxygen atoms in total. The second kappa shape index (κ2) is 7.63. The number of amides is 2. The summed E-state index contributed by atoms with van der Waals surface area (Å²) in [4.78, 5) is 26.4. The van der Waals surface area contributed by atoms with Gasteiger partial charge in [-0.15, -0.1) is 0 Å². The van der Waals surface area contributed by atoms with E-state index in [-0.39, 0.29) is 23.8 Å². The van der Waals surface area contributed by atoms with Crippen molar-refractivity contribution in [2.45, 2.75) is 39.2 Å². The summed E-state index contributed by atoms with van der Waals surface area (Å²) in [5, 5.41) is 3.59. The van der Waals surface area contributed by atoms with Crippen molar-refractivity contribution >= 4 is 23.4 Å². The Morgan fingerprint density at radius 1 is 1.36 bits per heavy atom. The van der Waals surface area contributed by atoms with Gasteiger partial charge in [-0.3, -0.25) is 9.59 Å². The van der Waals surface area contributed by atoms with Crippen LogP contribution in [0.15, 0.2) is 24.3 Å². The van der Waals surface area contributed by atoms with E-state index in [0.29, 0.717) is 36.5 Å². The molecule has 0 unspecified atom stereocenters. The summed E-state index contributed by atoms with van der Waals surface area (Å²) in [7, 11) is 0. The SMILES string of the molecule is CC[C@H](C)NC(=O)C1CCN(C(=O)c2cccc(Cl)c2)CC1. The van der Waals surface area contributed by atoms with E-state index in [0.717, 1.165) is 6.42 Å². The Kier molecular flexibility index (Phi) is 5.83. The number of piperidine rings is 1. The fourth-order valence-corrected chi connectivity index (χ4v) is 2.80. The molecule has 0 radical (unpaired) electrons. The van der Waals surface area contributed by atoms with E-state index in [9.17, 15) is 9.59 Å². The van der Waals surface area contributed by atoms with Crippen LogP contribution in [-0.2, 0) is 4.79 Å². The highest BCUT2D eigenvalue weighted by Gasteiger charge is 2.28. The van der Waals surface area contributed by atoms with Gasteiger partial charge in [0.1, 0.15) is 0 Å². The molecule has 22 heavy (non-hydrogen) atoms. The average molecular weight is 323 g/mol. The minimum atomic E-state index is -0.0108. The molecule has 0 aliphatic carbocycles. The minimum absolute atomic E-state index is 0.0108. The fourth-order valence-electron chi connectivity index (χ4n) is 2.61. The molecule has 0 aromatic heterocycles. The van der Waals surface area contributed by atoms with Crippen LogP contribution in [0.5, 0.6) is 0 Å². The highest BCUT2D eigenvalue weighted by atomic mass is 35.5. The van der Waals surface area contributed by atoms with Crippen LogP contribution in [-0.4, -0.2) is 35.8 Å². The lowest BCUT2D eigenvalue weighted by Crippen LogP contribution is -2.44. The highest BCUT2D eigenvalue weighted by molar-refractivity contribution is 6.30. The van der Waals surface area contributed by atoms with Gasteiger partial charge in [-0.25, -0.2) is 0 Å². The van der Waals surface area contributed by atoms with Gasteiger partial charge in [0.05, 0.1) is 0 Å². The number of likely N-dealkylation sites (tertiary alicyclic amines) is 1. The van der Waals surface area contributed by atoms with Gasteiger partial charge in [-0.2, -0.15) is 0 Å². The topological polar surface area (TPSA) is 49.4 Å². The van der Waals surface area contributed by atoms with Crippen molar-refractivity contribution < 1.29 is 9.59 Å². The van der Waals surface area contributed by atoms with Gasteiger partial charge in [0.15, 0.2) is 0 Å². The normalized spacial score (nSPS) is 17.1. The van der Waals surface area contributed by atoms with Crippen LogP contribution in [0.25, 0.3) is 0 Å². The number of hydrogen-bond acceptors (Lipinski definition) is 2. The summed E-state index contributed by atoms with van der Waals surface area (Å²) in [6.07, 6.45) is 2.36. The molecular weight excluding hydrogens is 300 g/mol. The summed E-state index contributed by atoms with van der Waals surface area (Å²) >= 11 is 5.93. The van der Waals surface area contributed by atoms with Crippen molar-refractivity contribution in [3.05, 3.63) is 34.9 Å². The average Bonchev–Trinajstić information content (AvgIpc) is 2.54. The second-order valence-electron chi connectivity index (χ2n) is 5.89. The first-order valence-corrected chi connectivity index (χ1v) is 8.24. The summed E-state index contributed by atoms with van der Waals surface area (Å²) in [6.45, 7) is 5.29. The molecule has 1 aliphatic rings. The number of nitrogens with zero attached hydrogens (tertiary/aromatic N) is 1. The molecule has 1 aromatic rings. The molecule has 0 bridgehead atoms. The Balaban J connectivity index is 1.89. The third-order valence-corrected chi connectivity index (χ3v) is 4.46. The first kappa shape index (κ1) is 16.8. The third kappa shape index (κ3) is 4.23. The Hall–Kier alpha value is -1.55. The van der Waals surface area contributed by atoms with Crippen LogP contribution in [0.2, 0.25) is 5.02 Å². The molecule has 120 valence electrons. The zero-order valence-corrected chi connectivity index (χ0v) is 13.9. The summed E-state index contributed by atoms with van der Waals surface area (Å²) in [5.74, 6) is 0.116. The first-order chi connectivity index (χ1) is 10.5. The maximum absolute atomic E-state index is 12.4. The Labute approximate surface area is 136 Å². The van der Waals surface area contributed by atoms with Gasteiger partial charge in [0.25, 0.3) is 5.91 Å². The lowest BCUT2D eigenvalue weighted by molar-refractivity contribution is -0.126. The lowest BCUT2D eigenvalue weighted by atomic mass is 9.95. The Morgan fingerprint density at radius 3 is 2.64 bits per heavy atom. The maximum Gasteiger partial charge on any atom is 0.253 e. The third-order valence-electron chi connectivity index (χ3n) is 4.23. The van der Waals surface area contributed by atoms with E-state index in [1.54, 1.807) is 29.2 Å². The summed E-state index contributed by atoms with van der Waals surface area (Å²) in [5.41, 5.74) is 0.606. The molecule has 2 amide bonds. The fraction of sp³-hybridized carbons (Fsp3) is 0.529. The molecule has 1 N–H and O–H groups in total. The predicted octanol–water partition coefficient (Wildman–Crippen LogP) is 3.11. The molecule has 1 fully saturated rings. The highest BCUT2D eigenvalue weighted by Crippen LogP contribution is 2.20. The Morgan fingerprint density at radius 2 is 2.05 bits per heavy atom. The van der Waals surface area contributed by atoms with Gasteiger partial charge in [0.2, 0.25) is 5.91 Å². The number of nitrogens with one attached hydrogen (secondary N) is 1. The number of halogens is 1. The van der Waals surface area contributed by atoms with E-state index in [1.807, 2.05) is 6.92 Å². The van der Waals surface area contributed by atoms with Crippen molar-refractivity contribution in [1.82, 2.24) is 10.2 Å². The molecule has 0 spiro atoms. The van der Waals surface area contributed by atoms with E-state index >= 15 is 0 Å². The lowest BCUT2D eigenvalue weighted by Gasteiger charge is -2.32. The smallest absolute Gasteiger partial charge is 0.253 e. The maximum atomic E-state index is 12.4. The minimum Gasteiger partial charge on any atom is -0.353 e. The van der Waals surface area contributed by atoms with Gasteiger partial charge < -0.3 is 10.2 Å². The number of hydrogen-bond donors (Lipinski definition) is 1. The van der Waals surface area contributed by atoms with Crippen LogP contribution < -0.4 is 5.32 Å². The van der Waals surface area contributed by atoms with Crippen molar-refractivity contribution in [3.8, 4) is 0 Å². The van der Waals surface area contributed by atoms with Crippen molar-refractivity contribution in [3.63, 3.8) is 0 Å². The van der Waals surface area contributed by atoms with Crippen molar-refractivity contribution in [2.24, 2.45) is 5.92 Å². The van der Waals surface area contributed by atoms with E-state index in [1.165, 1.54) is 0 Å². The molecule has 1 atom stereocenters. The van der Waals surface area contributed by atoms with E-state index < -0.39 is 0 Å². The first-order valence-electron chi connectivity index (χ1n) is 7.86. The second-order valence-corrected chi connectivity index (χ2v) is 6.33. The van der Waals surface area contributed by atoms with Crippen LogP contribution >= 0.6 is 11.6 Å². The van der Waals surface area contributed by atoms with Gasteiger partial charge in [0, 0.05) is 35.6 Å². The van der Waals surface area contributed by atoms with Crippen LogP contribution in [0.1, 0.15) is 43.5 Å². The number of benzene rings is 1. The number of rotatable bonds is 4. The summed E-state index contributed by atoms with van der Waals surface area (Å²) < 4.78 is 0. The molecule has 2 rings (SSSR count). The largest absolute Gasteiger partial charge is 0.353 e. The molecule has 1 heterocycles. The van der Waals surface area contributed by atoms with Gasteiger partial charge in [-0.05, 0) is 44.4 Å².